The van der Waals surface area contributed by atoms with Crippen LogP contribution in [0.3, 0.4) is 0 Å². The number of hydrogen-bond acceptors (Lipinski definition) is 6. The molecule has 0 fully saturated rings. The Bertz CT molecular complexity index is 889. The molecule has 0 spiro atoms. The molecule has 0 aliphatic heterocycles. The maximum absolute atomic E-state index is 12.2. The summed E-state index contributed by atoms with van der Waals surface area (Å²) in [5.74, 6) is -0.469. The molecule has 3 aromatic rings. The minimum Gasteiger partial charge on any atom is -0.423 e. The van der Waals surface area contributed by atoms with Crippen LogP contribution in [0.2, 0.25) is 0 Å². The summed E-state index contributed by atoms with van der Waals surface area (Å²) in [5, 5.41) is 18.3. The molecule has 8 nitrogen and oxygen atoms in total. The Balaban J connectivity index is 1.78. The molecule has 0 saturated carbocycles. The highest BCUT2D eigenvalue weighted by Gasteiger charge is 2.15. The first kappa shape index (κ1) is 15.3. The third-order valence-electron chi connectivity index (χ3n) is 3.41. The van der Waals surface area contributed by atoms with Gasteiger partial charge in [-0.3, -0.25) is 14.7 Å². The Labute approximate surface area is 136 Å². The molecule has 1 heterocycles. The summed E-state index contributed by atoms with van der Waals surface area (Å²) in [7, 11) is 0. The fourth-order valence-electron chi connectivity index (χ4n) is 2.12. The molecule has 0 radical (unpaired) electrons. The molecule has 120 valence electrons. The number of ether oxygens (including phenoxy) is 1. The highest BCUT2D eigenvalue weighted by atomic mass is 16.6. The van der Waals surface area contributed by atoms with Gasteiger partial charge in [0.15, 0.2) is 0 Å². The zero-order valence-corrected chi connectivity index (χ0v) is 12.6. The summed E-state index contributed by atoms with van der Waals surface area (Å²) in [6, 6.07) is 10.9. The van der Waals surface area contributed by atoms with Gasteiger partial charge in [-0.25, -0.2) is 4.79 Å². The van der Waals surface area contributed by atoms with Gasteiger partial charge in [0, 0.05) is 11.3 Å². The lowest BCUT2D eigenvalue weighted by Crippen LogP contribution is -2.09. The number of carbonyl (C=O) groups is 1. The van der Waals surface area contributed by atoms with Crippen LogP contribution in [0.15, 0.2) is 55.1 Å². The van der Waals surface area contributed by atoms with Gasteiger partial charge < -0.3 is 4.74 Å². The predicted molar refractivity (Wildman–Crippen MR) is 84.2 cm³/mol. The van der Waals surface area contributed by atoms with Crippen LogP contribution in [0, 0.1) is 17.0 Å². The molecule has 1 aromatic heterocycles. The highest BCUT2D eigenvalue weighted by Crippen LogP contribution is 2.24. The topological polar surface area (TPSA) is 100 Å². The Morgan fingerprint density at radius 3 is 2.42 bits per heavy atom. The van der Waals surface area contributed by atoms with E-state index in [0.717, 1.165) is 5.69 Å². The van der Waals surface area contributed by atoms with E-state index in [1.54, 1.807) is 48.4 Å². The molecule has 3 rings (SSSR count). The smallest absolute Gasteiger partial charge is 0.343 e. The zero-order chi connectivity index (χ0) is 17.1. The van der Waals surface area contributed by atoms with Crippen LogP contribution in [0.25, 0.3) is 5.69 Å². The summed E-state index contributed by atoms with van der Waals surface area (Å²) in [5.41, 5.74) is 1.53. The molecule has 0 aliphatic rings. The van der Waals surface area contributed by atoms with Crippen LogP contribution in [-0.2, 0) is 0 Å². The van der Waals surface area contributed by atoms with Gasteiger partial charge in [0.2, 0.25) is 0 Å². The number of nitrogens with zero attached hydrogens (tertiary/aromatic N) is 4. The van der Waals surface area contributed by atoms with Crippen molar-refractivity contribution in [1.29, 1.82) is 0 Å². The van der Waals surface area contributed by atoms with E-state index in [4.69, 9.17) is 4.74 Å². The van der Waals surface area contributed by atoms with Gasteiger partial charge in [-0.15, -0.1) is 10.2 Å². The Morgan fingerprint density at radius 2 is 1.79 bits per heavy atom. The molecule has 24 heavy (non-hydrogen) atoms. The summed E-state index contributed by atoms with van der Waals surface area (Å²) in [6.07, 6.45) is 3.08. The Kier molecular flexibility index (Phi) is 4.02. The van der Waals surface area contributed by atoms with Gasteiger partial charge in [-0.1, -0.05) is 0 Å². The number of benzene rings is 2. The minimum atomic E-state index is -0.594. The summed E-state index contributed by atoms with van der Waals surface area (Å²) in [4.78, 5) is 22.6. The van der Waals surface area contributed by atoms with Crippen molar-refractivity contribution >= 4 is 11.7 Å². The van der Waals surface area contributed by atoms with E-state index in [2.05, 4.69) is 10.2 Å². The van der Waals surface area contributed by atoms with Crippen LogP contribution in [0.5, 0.6) is 5.75 Å². The van der Waals surface area contributed by atoms with Crippen molar-refractivity contribution in [2.45, 2.75) is 6.92 Å². The van der Waals surface area contributed by atoms with Crippen molar-refractivity contribution in [1.82, 2.24) is 14.8 Å². The molecule has 0 saturated heterocycles. The number of aromatic nitrogens is 3. The van der Waals surface area contributed by atoms with E-state index in [-0.39, 0.29) is 11.4 Å². The molecule has 0 amide bonds. The number of hydrogen-bond donors (Lipinski definition) is 0. The molecule has 2 aromatic carbocycles. The third kappa shape index (κ3) is 3.12. The van der Waals surface area contributed by atoms with Crippen molar-refractivity contribution in [3.05, 3.63) is 76.4 Å². The molecule has 0 bridgehead atoms. The van der Waals surface area contributed by atoms with Gasteiger partial charge >= 0.3 is 5.97 Å². The van der Waals surface area contributed by atoms with Gasteiger partial charge in [0.05, 0.1) is 16.6 Å². The number of esters is 1. The summed E-state index contributed by atoms with van der Waals surface area (Å²) < 4.78 is 6.89. The molecule has 0 N–H and O–H groups in total. The fraction of sp³-hybridized carbons (Fsp3) is 0.0625. The molecule has 8 heteroatoms. The monoisotopic (exact) mass is 324 g/mol. The first-order valence-electron chi connectivity index (χ1n) is 6.97. The van der Waals surface area contributed by atoms with Crippen LogP contribution < -0.4 is 4.74 Å². The summed E-state index contributed by atoms with van der Waals surface area (Å²) >= 11 is 0. The van der Waals surface area contributed by atoms with E-state index in [1.165, 1.54) is 18.2 Å². The van der Waals surface area contributed by atoms with Crippen LogP contribution in [-0.4, -0.2) is 25.7 Å². The lowest BCUT2D eigenvalue weighted by atomic mass is 10.2. The van der Waals surface area contributed by atoms with E-state index >= 15 is 0 Å². The molecule has 0 unspecified atom stereocenters. The number of aryl methyl sites for hydroxylation is 1. The first-order valence-corrected chi connectivity index (χ1v) is 6.97. The Hall–Kier alpha value is -3.55. The molecular formula is C16H12N4O4. The quantitative estimate of drug-likeness (QED) is 0.316. The molecular weight excluding hydrogens is 312 g/mol. The normalized spacial score (nSPS) is 10.4. The number of carbonyl (C=O) groups excluding carboxylic acids is 1. The maximum atomic E-state index is 12.2. The lowest BCUT2D eigenvalue weighted by molar-refractivity contribution is -0.385. The minimum absolute atomic E-state index is 0.0942. The zero-order valence-electron chi connectivity index (χ0n) is 12.6. The van der Waals surface area contributed by atoms with Crippen molar-refractivity contribution in [2.75, 3.05) is 0 Å². The fourth-order valence-corrected chi connectivity index (χ4v) is 2.12. The number of nitro groups is 1. The van der Waals surface area contributed by atoms with Gasteiger partial charge in [-0.05, 0) is 43.3 Å². The summed E-state index contributed by atoms with van der Waals surface area (Å²) in [6.45, 7) is 1.62. The average Bonchev–Trinajstić information content (AvgIpc) is 3.11. The second-order valence-corrected chi connectivity index (χ2v) is 5.01. The third-order valence-corrected chi connectivity index (χ3v) is 3.41. The van der Waals surface area contributed by atoms with Crippen LogP contribution in [0.4, 0.5) is 5.69 Å². The van der Waals surface area contributed by atoms with E-state index in [9.17, 15) is 14.9 Å². The van der Waals surface area contributed by atoms with Crippen LogP contribution >= 0.6 is 0 Å². The highest BCUT2D eigenvalue weighted by molar-refractivity contribution is 5.91. The first-order chi connectivity index (χ1) is 11.5. The van der Waals surface area contributed by atoms with E-state index in [0.29, 0.717) is 11.1 Å². The molecule has 0 atom stereocenters. The van der Waals surface area contributed by atoms with E-state index in [1.807, 2.05) is 0 Å². The average molecular weight is 324 g/mol. The predicted octanol–water partition coefficient (Wildman–Crippen LogP) is 2.70. The molecule has 0 aliphatic carbocycles. The second kappa shape index (κ2) is 6.29. The standard InChI is InChI=1S/C16H12N4O4/c1-11-2-7-14(8-15(11)20(22)23)24-16(21)12-3-5-13(6-4-12)19-9-17-18-10-19/h2-10H,1H3. The van der Waals surface area contributed by atoms with Crippen LogP contribution in [0.1, 0.15) is 15.9 Å². The lowest BCUT2D eigenvalue weighted by Gasteiger charge is -2.06. The Morgan fingerprint density at radius 1 is 1.12 bits per heavy atom. The number of nitro benzene ring substituents is 1. The van der Waals surface area contributed by atoms with Gasteiger partial charge in [0.25, 0.3) is 5.69 Å². The van der Waals surface area contributed by atoms with Gasteiger partial charge in [0.1, 0.15) is 18.4 Å². The largest absolute Gasteiger partial charge is 0.423 e. The maximum Gasteiger partial charge on any atom is 0.343 e. The van der Waals surface area contributed by atoms with Crippen molar-refractivity contribution in [3.8, 4) is 11.4 Å². The number of rotatable bonds is 4. The van der Waals surface area contributed by atoms with Gasteiger partial charge in [-0.2, -0.15) is 0 Å². The van der Waals surface area contributed by atoms with Crippen molar-refractivity contribution in [3.63, 3.8) is 0 Å². The van der Waals surface area contributed by atoms with E-state index < -0.39 is 10.9 Å². The second-order valence-electron chi connectivity index (χ2n) is 5.01. The van der Waals surface area contributed by atoms with Crippen molar-refractivity contribution < 1.29 is 14.5 Å². The van der Waals surface area contributed by atoms with Crippen molar-refractivity contribution in [2.24, 2.45) is 0 Å². The SMILES string of the molecule is Cc1ccc(OC(=O)c2ccc(-n3cnnc3)cc2)cc1[N+](=O)[O-].